The van der Waals surface area contributed by atoms with E-state index in [4.69, 9.17) is 4.99 Å². The van der Waals surface area contributed by atoms with Gasteiger partial charge in [0, 0.05) is 17.1 Å². The second-order valence-electron chi connectivity index (χ2n) is 5.72. The Bertz CT molecular complexity index is 637. The molecule has 1 saturated heterocycles. The number of likely N-dealkylation sites (N-methyl/N-ethyl adjacent to an activating group) is 1. The second kappa shape index (κ2) is 5.79. The summed E-state index contributed by atoms with van der Waals surface area (Å²) < 4.78 is 0. The number of carboxylic acids is 1. The average Bonchev–Trinajstić information content (AvgIpc) is 3.07. The standard InChI is InChI=1S/C15H18N2O3S2/c1-15(14(19)20)8-22-13(17(15)2)10-7-21-12(16-10)9-5-3-4-6-11(9)18/h3-6,10,13,18H,7-8H2,1-2H3,(H,19,20). The van der Waals surface area contributed by atoms with Gasteiger partial charge in [0.15, 0.2) is 0 Å². The molecular formula is C15H18N2O3S2. The van der Waals surface area contributed by atoms with E-state index < -0.39 is 11.5 Å². The lowest BCUT2D eigenvalue weighted by molar-refractivity contribution is -0.147. The summed E-state index contributed by atoms with van der Waals surface area (Å²) >= 11 is 3.26. The van der Waals surface area contributed by atoms with Crippen molar-refractivity contribution in [1.82, 2.24) is 4.90 Å². The maximum atomic E-state index is 11.5. The highest BCUT2D eigenvalue weighted by atomic mass is 32.2. The third-order valence-electron chi connectivity index (χ3n) is 4.29. The second-order valence-corrected chi connectivity index (χ2v) is 7.83. The normalized spacial score (nSPS) is 32.2. The molecule has 1 aromatic carbocycles. The molecule has 2 aliphatic heterocycles. The van der Waals surface area contributed by atoms with Crippen LogP contribution in [0.2, 0.25) is 0 Å². The smallest absolute Gasteiger partial charge is 0.324 e. The number of hydrogen-bond donors (Lipinski definition) is 2. The summed E-state index contributed by atoms with van der Waals surface area (Å²) in [5.41, 5.74) is -0.0886. The number of hydrogen-bond acceptors (Lipinski definition) is 6. The lowest BCUT2D eigenvalue weighted by Crippen LogP contribution is -2.52. The molecule has 0 amide bonds. The Morgan fingerprint density at radius 2 is 2.18 bits per heavy atom. The quantitative estimate of drug-likeness (QED) is 0.879. The molecule has 0 saturated carbocycles. The van der Waals surface area contributed by atoms with Crippen LogP contribution in [0.25, 0.3) is 0 Å². The largest absolute Gasteiger partial charge is 0.507 e. The SMILES string of the molecule is CN1C(C2CSC(c3ccccc3O)=N2)SCC1(C)C(=O)O. The topological polar surface area (TPSA) is 73.1 Å². The minimum absolute atomic E-state index is 0.0378. The van der Waals surface area contributed by atoms with Crippen LogP contribution in [-0.4, -0.2) is 61.6 Å². The Kier molecular flexibility index (Phi) is 4.13. The molecule has 3 atom stereocenters. The zero-order valence-corrected chi connectivity index (χ0v) is 14.0. The van der Waals surface area contributed by atoms with Crippen LogP contribution in [0, 0.1) is 0 Å². The first-order valence-corrected chi connectivity index (χ1v) is 9.04. The summed E-state index contributed by atoms with van der Waals surface area (Å²) in [7, 11) is 1.86. The molecule has 1 aromatic rings. The maximum Gasteiger partial charge on any atom is 0.324 e. The Hall–Kier alpha value is -1.18. The van der Waals surface area contributed by atoms with Gasteiger partial charge in [-0.3, -0.25) is 14.7 Å². The summed E-state index contributed by atoms with van der Waals surface area (Å²) in [5.74, 6) is 0.811. The minimum atomic E-state index is -0.840. The molecule has 22 heavy (non-hydrogen) atoms. The first-order chi connectivity index (χ1) is 10.4. The predicted octanol–water partition coefficient (Wildman–Crippen LogP) is 2.10. The number of aromatic hydroxyl groups is 1. The molecule has 0 aliphatic carbocycles. The first-order valence-electron chi connectivity index (χ1n) is 7.00. The molecule has 3 rings (SSSR count). The number of phenolic OH excluding ortho intramolecular Hbond substituents is 1. The number of para-hydroxylation sites is 1. The fourth-order valence-corrected chi connectivity index (χ4v) is 5.56. The molecule has 0 bridgehead atoms. The van der Waals surface area contributed by atoms with Gasteiger partial charge in [-0.15, -0.1) is 23.5 Å². The Labute approximate surface area is 137 Å². The highest BCUT2D eigenvalue weighted by Gasteiger charge is 2.50. The van der Waals surface area contributed by atoms with Gasteiger partial charge in [0.05, 0.1) is 11.4 Å². The zero-order chi connectivity index (χ0) is 15.9. The van der Waals surface area contributed by atoms with Crippen LogP contribution in [0.5, 0.6) is 5.75 Å². The van der Waals surface area contributed by atoms with Crippen LogP contribution < -0.4 is 0 Å². The zero-order valence-electron chi connectivity index (χ0n) is 12.4. The number of carbonyl (C=O) groups is 1. The molecule has 2 N–H and O–H groups in total. The van der Waals surface area contributed by atoms with Gasteiger partial charge >= 0.3 is 5.97 Å². The van der Waals surface area contributed by atoms with Crippen LogP contribution >= 0.6 is 23.5 Å². The predicted molar refractivity (Wildman–Crippen MR) is 90.9 cm³/mol. The van der Waals surface area contributed by atoms with E-state index in [0.717, 1.165) is 16.4 Å². The monoisotopic (exact) mass is 338 g/mol. The van der Waals surface area contributed by atoms with Gasteiger partial charge in [0.2, 0.25) is 0 Å². The lowest BCUT2D eigenvalue weighted by atomic mass is 10.0. The summed E-state index contributed by atoms with van der Waals surface area (Å²) in [4.78, 5) is 18.2. The van der Waals surface area contributed by atoms with Crippen molar-refractivity contribution in [3.8, 4) is 5.75 Å². The number of aliphatic imine (C=N–C) groups is 1. The molecule has 2 heterocycles. The van der Waals surface area contributed by atoms with Crippen molar-refractivity contribution in [2.45, 2.75) is 23.9 Å². The third-order valence-corrected chi connectivity index (χ3v) is 7.10. The maximum absolute atomic E-state index is 11.5. The van der Waals surface area contributed by atoms with E-state index in [-0.39, 0.29) is 17.2 Å². The van der Waals surface area contributed by atoms with Crippen LogP contribution in [0.3, 0.4) is 0 Å². The van der Waals surface area contributed by atoms with Crippen LogP contribution in [0.15, 0.2) is 29.3 Å². The number of benzene rings is 1. The van der Waals surface area contributed by atoms with E-state index in [9.17, 15) is 15.0 Å². The van der Waals surface area contributed by atoms with Crippen molar-refractivity contribution in [2.75, 3.05) is 18.6 Å². The number of carboxylic acid groups (broad SMARTS) is 1. The number of thioether (sulfide) groups is 2. The fourth-order valence-electron chi connectivity index (χ4n) is 2.66. The molecule has 118 valence electrons. The molecule has 2 aliphatic rings. The first kappa shape index (κ1) is 15.7. The highest BCUT2D eigenvalue weighted by Crippen LogP contribution is 2.41. The van der Waals surface area contributed by atoms with Gasteiger partial charge in [-0.05, 0) is 26.1 Å². The van der Waals surface area contributed by atoms with Crippen molar-refractivity contribution in [3.63, 3.8) is 0 Å². The van der Waals surface area contributed by atoms with Crippen molar-refractivity contribution in [3.05, 3.63) is 29.8 Å². The van der Waals surface area contributed by atoms with E-state index in [0.29, 0.717) is 5.75 Å². The van der Waals surface area contributed by atoms with Gasteiger partial charge in [0.25, 0.3) is 0 Å². The van der Waals surface area contributed by atoms with E-state index in [1.807, 2.05) is 24.1 Å². The highest BCUT2D eigenvalue weighted by molar-refractivity contribution is 8.14. The Morgan fingerprint density at radius 3 is 2.82 bits per heavy atom. The molecule has 1 fully saturated rings. The van der Waals surface area contributed by atoms with Crippen molar-refractivity contribution in [2.24, 2.45) is 4.99 Å². The molecule has 0 radical (unpaired) electrons. The molecular weight excluding hydrogens is 320 g/mol. The molecule has 3 unspecified atom stereocenters. The van der Waals surface area contributed by atoms with Gasteiger partial charge in [-0.1, -0.05) is 12.1 Å². The van der Waals surface area contributed by atoms with Gasteiger partial charge in [0.1, 0.15) is 16.3 Å². The van der Waals surface area contributed by atoms with Crippen molar-refractivity contribution < 1.29 is 15.0 Å². The molecule has 0 aromatic heterocycles. The van der Waals surface area contributed by atoms with E-state index in [2.05, 4.69) is 0 Å². The number of aliphatic carboxylic acids is 1. The number of nitrogens with zero attached hydrogens (tertiary/aromatic N) is 2. The summed E-state index contributed by atoms with van der Waals surface area (Å²) in [6.07, 6.45) is 0. The molecule has 0 spiro atoms. The van der Waals surface area contributed by atoms with Crippen molar-refractivity contribution >= 4 is 34.5 Å². The summed E-state index contributed by atoms with van der Waals surface area (Å²) in [5, 5.41) is 20.3. The van der Waals surface area contributed by atoms with Gasteiger partial charge in [-0.2, -0.15) is 0 Å². The van der Waals surface area contributed by atoms with E-state index in [1.165, 1.54) is 0 Å². The number of rotatable bonds is 3. The van der Waals surface area contributed by atoms with Crippen LogP contribution in [0.1, 0.15) is 12.5 Å². The van der Waals surface area contributed by atoms with Crippen molar-refractivity contribution in [1.29, 1.82) is 0 Å². The number of phenols is 1. The molecule has 7 heteroatoms. The van der Waals surface area contributed by atoms with Gasteiger partial charge < -0.3 is 10.2 Å². The average molecular weight is 338 g/mol. The fraction of sp³-hybridized carbons (Fsp3) is 0.467. The van der Waals surface area contributed by atoms with Crippen LogP contribution in [0.4, 0.5) is 0 Å². The summed E-state index contributed by atoms with van der Waals surface area (Å²) in [6, 6.07) is 7.22. The van der Waals surface area contributed by atoms with Gasteiger partial charge in [-0.25, -0.2) is 0 Å². The minimum Gasteiger partial charge on any atom is -0.507 e. The Balaban J connectivity index is 1.81. The summed E-state index contributed by atoms with van der Waals surface area (Å²) in [6.45, 7) is 1.76. The molecule has 5 nitrogen and oxygen atoms in total. The van der Waals surface area contributed by atoms with Crippen LogP contribution in [-0.2, 0) is 4.79 Å². The Morgan fingerprint density at radius 1 is 1.45 bits per heavy atom. The van der Waals surface area contributed by atoms with E-state index >= 15 is 0 Å². The van der Waals surface area contributed by atoms with E-state index in [1.54, 1.807) is 42.6 Å². The lowest BCUT2D eigenvalue weighted by Gasteiger charge is -2.31. The third kappa shape index (κ3) is 2.51.